The van der Waals surface area contributed by atoms with E-state index in [0.717, 1.165) is 32.5 Å². The molecular weight excluding hydrogens is 232 g/mol. The van der Waals surface area contributed by atoms with Crippen molar-refractivity contribution in [2.75, 3.05) is 13.2 Å². The zero-order valence-electron chi connectivity index (χ0n) is 10.8. The Kier molecular flexibility index (Phi) is 4.78. The van der Waals surface area contributed by atoms with Crippen LogP contribution in [0, 0.1) is 5.92 Å². The van der Waals surface area contributed by atoms with Gasteiger partial charge in [-0.05, 0) is 44.4 Å². The molecule has 2 rings (SSSR count). The molecule has 0 radical (unpaired) electrons. The van der Waals surface area contributed by atoms with Gasteiger partial charge in [-0.15, -0.1) is 0 Å². The van der Waals surface area contributed by atoms with Gasteiger partial charge in [-0.1, -0.05) is 6.58 Å². The molecule has 0 spiro atoms. The van der Waals surface area contributed by atoms with Gasteiger partial charge in [-0.3, -0.25) is 0 Å². The van der Waals surface area contributed by atoms with Crippen molar-refractivity contribution in [3.05, 3.63) is 12.2 Å². The number of hydrogen-bond acceptors (Lipinski definition) is 3. The van der Waals surface area contributed by atoms with Crippen molar-refractivity contribution in [2.45, 2.75) is 50.7 Å². The molecule has 4 nitrogen and oxygen atoms in total. The topological polar surface area (TPSA) is 59.1 Å². The van der Waals surface area contributed by atoms with E-state index >= 15 is 0 Å². The monoisotopic (exact) mass is 254 g/mol. The number of carboxylic acids is 1. The first-order valence-electron chi connectivity index (χ1n) is 6.81. The first-order valence-corrected chi connectivity index (χ1v) is 6.81. The van der Waals surface area contributed by atoms with Gasteiger partial charge in [0.1, 0.15) is 0 Å². The normalized spacial score (nSPS) is 29.7. The summed E-state index contributed by atoms with van der Waals surface area (Å²) in [5.41, 5.74) is 0.291. The Morgan fingerprint density at radius 2 is 2.17 bits per heavy atom. The van der Waals surface area contributed by atoms with Gasteiger partial charge < -0.3 is 14.6 Å². The van der Waals surface area contributed by atoms with Crippen LogP contribution in [0.1, 0.15) is 38.5 Å². The highest BCUT2D eigenvalue weighted by Crippen LogP contribution is 2.39. The summed E-state index contributed by atoms with van der Waals surface area (Å²) >= 11 is 0. The van der Waals surface area contributed by atoms with E-state index in [9.17, 15) is 4.79 Å². The van der Waals surface area contributed by atoms with Crippen LogP contribution < -0.4 is 0 Å². The lowest BCUT2D eigenvalue weighted by molar-refractivity contribution is -0.132. The van der Waals surface area contributed by atoms with Crippen LogP contribution in [0.5, 0.6) is 0 Å². The molecular formula is C14H22O4. The zero-order valence-corrected chi connectivity index (χ0v) is 10.8. The third-order valence-electron chi connectivity index (χ3n) is 3.79. The van der Waals surface area contributed by atoms with E-state index in [1.54, 1.807) is 0 Å². The molecule has 4 heteroatoms. The molecule has 2 fully saturated rings. The standard InChI is InChI=1S/C14H22O4/c1-10(14(15)16)4-2-3-7-17-9-11-5-6-12-13(8-11)18-12/h11-13H,1-9H2,(H,15,16). The van der Waals surface area contributed by atoms with E-state index in [1.165, 1.54) is 12.8 Å². The predicted molar refractivity (Wildman–Crippen MR) is 67.4 cm³/mol. The van der Waals surface area contributed by atoms with Crippen LogP contribution in [0.15, 0.2) is 12.2 Å². The molecule has 102 valence electrons. The molecule has 0 amide bonds. The zero-order chi connectivity index (χ0) is 13.0. The van der Waals surface area contributed by atoms with Crippen molar-refractivity contribution >= 4 is 5.97 Å². The number of aliphatic carboxylic acids is 1. The molecule has 1 heterocycles. The highest BCUT2D eigenvalue weighted by Gasteiger charge is 2.43. The van der Waals surface area contributed by atoms with Crippen molar-refractivity contribution in [1.82, 2.24) is 0 Å². The van der Waals surface area contributed by atoms with Crippen molar-refractivity contribution in [1.29, 1.82) is 0 Å². The fraction of sp³-hybridized carbons (Fsp3) is 0.786. The Balaban J connectivity index is 1.44. The largest absolute Gasteiger partial charge is 0.478 e. The molecule has 0 aromatic heterocycles. The first kappa shape index (κ1) is 13.6. The number of hydrogen-bond donors (Lipinski definition) is 1. The molecule has 0 bridgehead atoms. The van der Waals surface area contributed by atoms with E-state index in [0.29, 0.717) is 30.1 Å². The van der Waals surface area contributed by atoms with E-state index in [1.807, 2.05) is 0 Å². The number of ether oxygens (including phenoxy) is 2. The van der Waals surface area contributed by atoms with Crippen LogP contribution in [0.3, 0.4) is 0 Å². The molecule has 0 aromatic carbocycles. The number of epoxide rings is 1. The Hall–Kier alpha value is -0.870. The van der Waals surface area contributed by atoms with Crippen LogP contribution in [0.25, 0.3) is 0 Å². The van der Waals surface area contributed by atoms with Crippen LogP contribution in [-0.4, -0.2) is 36.5 Å². The molecule has 0 aromatic rings. The number of unbranched alkanes of at least 4 members (excludes halogenated alkanes) is 1. The third kappa shape index (κ3) is 4.10. The number of carboxylic acid groups (broad SMARTS) is 1. The number of carbonyl (C=O) groups is 1. The Morgan fingerprint density at radius 1 is 1.33 bits per heavy atom. The predicted octanol–water partition coefficient (Wildman–Crippen LogP) is 2.38. The highest BCUT2D eigenvalue weighted by molar-refractivity contribution is 5.85. The fourth-order valence-electron chi connectivity index (χ4n) is 2.54. The lowest BCUT2D eigenvalue weighted by Crippen LogP contribution is -2.18. The van der Waals surface area contributed by atoms with E-state index in [-0.39, 0.29) is 0 Å². The van der Waals surface area contributed by atoms with Gasteiger partial charge in [0.05, 0.1) is 12.2 Å². The smallest absolute Gasteiger partial charge is 0.330 e. The van der Waals surface area contributed by atoms with Gasteiger partial charge in [-0.25, -0.2) is 4.79 Å². The van der Waals surface area contributed by atoms with E-state index < -0.39 is 5.97 Å². The highest BCUT2D eigenvalue weighted by atomic mass is 16.6. The van der Waals surface area contributed by atoms with Gasteiger partial charge in [0.2, 0.25) is 0 Å². The summed E-state index contributed by atoms with van der Waals surface area (Å²) in [6, 6.07) is 0. The summed E-state index contributed by atoms with van der Waals surface area (Å²) in [6.07, 6.45) is 6.94. The lowest BCUT2D eigenvalue weighted by atomic mass is 9.90. The van der Waals surface area contributed by atoms with Gasteiger partial charge >= 0.3 is 5.97 Å². The molecule has 1 aliphatic carbocycles. The van der Waals surface area contributed by atoms with Crippen LogP contribution in [-0.2, 0) is 14.3 Å². The summed E-state index contributed by atoms with van der Waals surface area (Å²) in [5.74, 6) is -0.236. The molecule has 3 unspecified atom stereocenters. The summed E-state index contributed by atoms with van der Waals surface area (Å²) < 4.78 is 11.1. The summed E-state index contributed by atoms with van der Waals surface area (Å²) in [6.45, 7) is 5.05. The van der Waals surface area contributed by atoms with Crippen molar-refractivity contribution in [2.24, 2.45) is 5.92 Å². The molecule has 1 saturated heterocycles. The third-order valence-corrected chi connectivity index (χ3v) is 3.79. The SMILES string of the molecule is C=C(CCCCOCC1CCC2OC2C1)C(=O)O. The second-order valence-corrected chi connectivity index (χ2v) is 5.33. The van der Waals surface area contributed by atoms with Crippen molar-refractivity contribution < 1.29 is 19.4 Å². The Bertz CT molecular complexity index is 313. The fourth-order valence-corrected chi connectivity index (χ4v) is 2.54. The second kappa shape index (κ2) is 6.34. The molecule has 1 saturated carbocycles. The van der Waals surface area contributed by atoms with Gasteiger partial charge in [0.25, 0.3) is 0 Å². The summed E-state index contributed by atoms with van der Waals surface area (Å²) in [4.78, 5) is 10.5. The quantitative estimate of drug-likeness (QED) is 0.410. The minimum atomic E-state index is -0.892. The van der Waals surface area contributed by atoms with Crippen molar-refractivity contribution in [3.63, 3.8) is 0 Å². The number of rotatable bonds is 8. The summed E-state index contributed by atoms with van der Waals surface area (Å²) in [7, 11) is 0. The summed E-state index contributed by atoms with van der Waals surface area (Å²) in [5, 5.41) is 8.64. The van der Waals surface area contributed by atoms with Crippen LogP contribution in [0.4, 0.5) is 0 Å². The average molecular weight is 254 g/mol. The minimum absolute atomic E-state index is 0.291. The molecule has 18 heavy (non-hydrogen) atoms. The maximum absolute atomic E-state index is 10.5. The van der Waals surface area contributed by atoms with E-state index in [4.69, 9.17) is 14.6 Å². The maximum atomic E-state index is 10.5. The molecule has 2 aliphatic rings. The Labute approximate surface area is 108 Å². The molecule has 1 N–H and O–H groups in total. The molecule has 1 aliphatic heterocycles. The first-order chi connectivity index (χ1) is 8.66. The second-order valence-electron chi connectivity index (χ2n) is 5.33. The van der Waals surface area contributed by atoms with Crippen molar-refractivity contribution in [3.8, 4) is 0 Å². The minimum Gasteiger partial charge on any atom is -0.478 e. The van der Waals surface area contributed by atoms with Gasteiger partial charge in [0.15, 0.2) is 0 Å². The lowest BCUT2D eigenvalue weighted by Gasteiger charge is -2.18. The number of fused-ring (bicyclic) bond motifs is 1. The Morgan fingerprint density at radius 3 is 2.89 bits per heavy atom. The molecule has 3 atom stereocenters. The van der Waals surface area contributed by atoms with Gasteiger partial charge in [0, 0.05) is 18.8 Å². The van der Waals surface area contributed by atoms with Crippen LogP contribution >= 0.6 is 0 Å². The van der Waals surface area contributed by atoms with Crippen LogP contribution in [0.2, 0.25) is 0 Å². The maximum Gasteiger partial charge on any atom is 0.330 e. The van der Waals surface area contributed by atoms with Gasteiger partial charge in [-0.2, -0.15) is 0 Å². The van der Waals surface area contributed by atoms with E-state index in [2.05, 4.69) is 6.58 Å². The average Bonchev–Trinajstić information content (AvgIpc) is 3.11.